The summed E-state index contributed by atoms with van der Waals surface area (Å²) in [4.78, 5) is 14.4. The third kappa shape index (κ3) is 2.59. The van der Waals surface area contributed by atoms with Crippen molar-refractivity contribution >= 4 is 16.7 Å². The van der Waals surface area contributed by atoms with Gasteiger partial charge in [-0.15, -0.1) is 0 Å². The second-order valence-electron chi connectivity index (χ2n) is 5.54. The van der Waals surface area contributed by atoms with E-state index in [0.717, 1.165) is 36.7 Å². The number of nitrogens with zero attached hydrogens (tertiary/aromatic N) is 1. The van der Waals surface area contributed by atoms with Gasteiger partial charge in [-0.05, 0) is 31.3 Å². The van der Waals surface area contributed by atoms with E-state index in [9.17, 15) is 9.90 Å². The molecule has 4 nitrogen and oxygen atoms in total. The first-order chi connectivity index (χ1) is 10.2. The van der Waals surface area contributed by atoms with Crippen LogP contribution in [0.15, 0.2) is 36.4 Å². The molecular formula is C17H20N2O2. The van der Waals surface area contributed by atoms with Crippen LogP contribution in [0.5, 0.6) is 5.75 Å². The van der Waals surface area contributed by atoms with E-state index in [-0.39, 0.29) is 11.7 Å². The smallest absolute Gasteiger partial charge is 0.257 e. The first kappa shape index (κ1) is 13.9. The van der Waals surface area contributed by atoms with Gasteiger partial charge in [0.1, 0.15) is 5.75 Å². The minimum Gasteiger partial charge on any atom is -0.506 e. The van der Waals surface area contributed by atoms with Crippen molar-refractivity contribution in [3.05, 3.63) is 42.0 Å². The highest BCUT2D eigenvalue weighted by molar-refractivity contribution is 6.03. The number of likely N-dealkylation sites (tertiary alicyclic amines) is 1. The summed E-state index contributed by atoms with van der Waals surface area (Å²) in [5, 5.41) is 15.3. The summed E-state index contributed by atoms with van der Waals surface area (Å²) in [6.07, 6.45) is 1.91. The number of benzene rings is 2. The lowest BCUT2D eigenvalue weighted by molar-refractivity contribution is 0.0704. The molecule has 0 unspecified atom stereocenters. The number of phenolic OH excluding ortho intramolecular Hbond substituents is 1. The zero-order chi connectivity index (χ0) is 14.8. The normalized spacial score (nSPS) is 16.3. The van der Waals surface area contributed by atoms with E-state index in [1.54, 1.807) is 6.07 Å². The number of aromatic hydroxyl groups is 1. The highest BCUT2D eigenvalue weighted by Crippen LogP contribution is 2.30. The molecule has 3 rings (SSSR count). The molecule has 110 valence electrons. The Morgan fingerprint density at radius 1 is 1.19 bits per heavy atom. The van der Waals surface area contributed by atoms with Crippen molar-refractivity contribution in [3.8, 4) is 5.75 Å². The number of carbonyl (C=O) groups is 1. The lowest BCUT2D eigenvalue weighted by atomic mass is 10.0. The molecule has 0 aliphatic carbocycles. The molecule has 1 amide bonds. The Bertz CT molecular complexity index is 661. The van der Waals surface area contributed by atoms with Crippen molar-refractivity contribution in [1.82, 2.24) is 10.2 Å². The Hall–Kier alpha value is -2.07. The molecule has 0 atom stereocenters. The van der Waals surface area contributed by atoms with Crippen molar-refractivity contribution in [1.29, 1.82) is 0 Å². The minimum atomic E-state index is -0.0761. The number of rotatable bonds is 2. The highest BCUT2D eigenvalue weighted by atomic mass is 16.3. The van der Waals surface area contributed by atoms with E-state index < -0.39 is 0 Å². The molecule has 2 aromatic carbocycles. The number of piperidine rings is 1. The molecule has 1 saturated heterocycles. The minimum absolute atomic E-state index is 0.0761. The van der Waals surface area contributed by atoms with Gasteiger partial charge in [-0.25, -0.2) is 0 Å². The SMILES string of the molecule is CNC1CCN(C(=O)c2ccc3ccccc3c2O)CC1. The molecule has 1 heterocycles. The van der Waals surface area contributed by atoms with Crippen LogP contribution in [0.2, 0.25) is 0 Å². The lowest BCUT2D eigenvalue weighted by Gasteiger charge is -2.32. The van der Waals surface area contributed by atoms with Gasteiger partial charge in [-0.2, -0.15) is 0 Å². The third-order valence-electron chi connectivity index (χ3n) is 4.32. The summed E-state index contributed by atoms with van der Waals surface area (Å²) in [6.45, 7) is 1.47. The third-order valence-corrected chi connectivity index (χ3v) is 4.32. The van der Waals surface area contributed by atoms with Crippen LogP contribution in [0.3, 0.4) is 0 Å². The Morgan fingerprint density at radius 3 is 2.62 bits per heavy atom. The second kappa shape index (κ2) is 5.74. The van der Waals surface area contributed by atoms with Crippen LogP contribution in [-0.2, 0) is 0 Å². The van der Waals surface area contributed by atoms with Gasteiger partial charge in [0, 0.05) is 24.5 Å². The van der Waals surface area contributed by atoms with E-state index in [1.807, 2.05) is 42.3 Å². The average Bonchev–Trinajstić information content (AvgIpc) is 2.55. The Labute approximate surface area is 124 Å². The lowest BCUT2D eigenvalue weighted by Crippen LogP contribution is -2.43. The maximum Gasteiger partial charge on any atom is 0.257 e. The molecule has 0 bridgehead atoms. The second-order valence-corrected chi connectivity index (χ2v) is 5.54. The van der Waals surface area contributed by atoms with Crippen LogP contribution in [0.25, 0.3) is 10.8 Å². The van der Waals surface area contributed by atoms with Gasteiger partial charge >= 0.3 is 0 Å². The van der Waals surface area contributed by atoms with Gasteiger partial charge in [0.25, 0.3) is 5.91 Å². The van der Waals surface area contributed by atoms with Crippen LogP contribution >= 0.6 is 0 Å². The fourth-order valence-electron chi connectivity index (χ4n) is 2.97. The standard InChI is InChI=1S/C17H20N2O2/c1-18-13-8-10-19(11-9-13)17(21)15-7-6-12-4-2-3-5-14(12)16(15)20/h2-7,13,18,20H,8-11H2,1H3. The molecule has 0 spiro atoms. The maximum absolute atomic E-state index is 12.6. The fourth-order valence-corrected chi connectivity index (χ4v) is 2.97. The highest BCUT2D eigenvalue weighted by Gasteiger charge is 2.24. The number of fused-ring (bicyclic) bond motifs is 1. The number of amides is 1. The number of nitrogens with one attached hydrogen (secondary N) is 1. The molecule has 0 radical (unpaired) electrons. The van der Waals surface area contributed by atoms with Crippen molar-refractivity contribution < 1.29 is 9.90 Å². The summed E-state index contributed by atoms with van der Waals surface area (Å²) < 4.78 is 0. The molecule has 21 heavy (non-hydrogen) atoms. The summed E-state index contributed by atoms with van der Waals surface area (Å²) in [5.41, 5.74) is 0.400. The van der Waals surface area contributed by atoms with E-state index >= 15 is 0 Å². The van der Waals surface area contributed by atoms with Crippen molar-refractivity contribution in [3.63, 3.8) is 0 Å². The van der Waals surface area contributed by atoms with E-state index in [1.165, 1.54) is 0 Å². The van der Waals surface area contributed by atoms with Gasteiger partial charge in [-0.3, -0.25) is 4.79 Å². The Morgan fingerprint density at radius 2 is 1.90 bits per heavy atom. The number of carbonyl (C=O) groups excluding carboxylic acids is 1. The van der Waals surface area contributed by atoms with Crippen molar-refractivity contribution in [2.75, 3.05) is 20.1 Å². The number of phenols is 1. The van der Waals surface area contributed by atoms with Crippen LogP contribution < -0.4 is 5.32 Å². The molecule has 1 fully saturated rings. The summed E-state index contributed by atoms with van der Waals surface area (Å²) >= 11 is 0. The van der Waals surface area contributed by atoms with Crippen LogP contribution in [0.4, 0.5) is 0 Å². The molecule has 1 aliphatic heterocycles. The maximum atomic E-state index is 12.6. The predicted octanol–water partition coefficient (Wildman–Crippen LogP) is 2.37. The first-order valence-corrected chi connectivity index (χ1v) is 7.38. The van der Waals surface area contributed by atoms with E-state index in [4.69, 9.17) is 0 Å². The number of hydrogen-bond donors (Lipinski definition) is 2. The van der Waals surface area contributed by atoms with Gasteiger partial charge in [0.2, 0.25) is 0 Å². The zero-order valence-corrected chi connectivity index (χ0v) is 12.2. The molecule has 4 heteroatoms. The summed E-state index contributed by atoms with van der Waals surface area (Å²) in [5.74, 6) is 0.0154. The molecule has 2 aromatic rings. The van der Waals surface area contributed by atoms with Crippen LogP contribution in [0, 0.1) is 0 Å². The van der Waals surface area contributed by atoms with E-state index in [2.05, 4.69) is 5.32 Å². The topological polar surface area (TPSA) is 52.6 Å². The molecular weight excluding hydrogens is 264 g/mol. The van der Waals surface area contributed by atoms with E-state index in [0.29, 0.717) is 11.6 Å². The Balaban J connectivity index is 1.87. The quantitative estimate of drug-likeness (QED) is 0.890. The van der Waals surface area contributed by atoms with Gasteiger partial charge in [0.05, 0.1) is 5.56 Å². The van der Waals surface area contributed by atoms with Crippen molar-refractivity contribution in [2.24, 2.45) is 0 Å². The molecule has 0 aromatic heterocycles. The first-order valence-electron chi connectivity index (χ1n) is 7.38. The molecule has 0 saturated carbocycles. The zero-order valence-electron chi connectivity index (χ0n) is 12.2. The molecule has 1 aliphatic rings. The van der Waals surface area contributed by atoms with Crippen molar-refractivity contribution in [2.45, 2.75) is 18.9 Å². The van der Waals surface area contributed by atoms with Crippen LogP contribution in [-0.4, -0.2) is 42.1 Å². The fraction of sp³-hybridized carbons (Fsp3) is 0.353. The van der Waals surface area contributed by atoms with Gasteiger partial charge in [0.15, 0.2) is 0 Å². The summed E-state index contributed by atoms with van der Waals surface area (Å²) in [7, 11) is 1.96. The largest absolute Gasteiger partial charge is 0.506 e. The summed E-state index contributed by atoms with van der Waals surface area (Å²) in [6, 6.07) is 11.7. The van der Waals surface area contributed by atoms with Gasteiger partial charge in [-0.1, -0.05) is 30.3 Å². The molecule has 2 N–H and O–H groups in total. The van der Waals surface area contributed by atoms with Gasteiger partial charge < -0.3 is 15.3 Å². The number of hydrogen-bond acceptors (Lipinski definition) is 3. The van der Waals surface area contributed by atoms with Crippen LogP contribution in [0.1, 0.15) is 23.2 Å². The monoisotopic (exact) mass is 284 g/mol. The predicted molar refractivity (Wildman–Crippen MR) is 83.6 cm³/mol. The Kier molecular flexibility index (Phi) is 3.80. The average molecular weight is 284 g/mol.